The predicted molar refractivity (Wildman–Crippen MR) is 66.2 cm³/mol. The van der Waals surface area contributed by atoms with Gasteiger partial charge in [0.2, 0.25) is 0 Å². The summed E-state index contributed by atoms with van der Waals surface area (Å²) in [6.45, 7) is 1.68. The maximum atomic E-state index is 12.8. The van der Waals surface area contributed by atoms with Crippen molar-refractivity contribution in [1.82, 2.24) is 0 Å². The topological polar surface area (TPSA) is 70.2 Å². The molecule has 0 aliphatic carbocycles. The molecule has 0 N–H and O–H groups in total. The summed E-state index contributed by atoms with van der Waals surface area (Å²) >= 11 is 0. The third-order valence-electron chi connectivity index (χ3n) is 2.94. The van der Waals surface area contributed by atoms with E-state index < -0.39 is 22.4 Å². The number of benzene rings is 1. The Balaban J connectivity index is 3.27. The second-order valence-electron chi connectivity index (χ2n) is 4.28. The van der Waals surface area contributed by atoms with Crippen LogP contribution in [0.4, 0.5) is 24.5 Å². The van der Waals surface area contributed by atoms with Gasteiger partial charge in [-0.15, -0.1) is 0 Å². The first-order valence-electron chi connectivity index (χ1n) is 5.64. The van der Waals surface area contributed by atoms with Gasteiger partial charge in [-0.05, 0) is 19.1 Å². The minimum absolute atomic E-state index is 0.134. The van der Waals surface area contributed by atoms with Crippen molar-refractivity contribution in [3.8, 4) is 6.07 Å². The molecule has 1 rings (SSSR count). The van der Waals surface area contributed by atoms with Crippen LogP contribution in [0.3, 0.4) is 0 Å². The van der Waals surface area contributed by atoms with Crippen molar-refractivity contribution >= 4 is 11.4 Å². The monoisotopic (exact) mass is 287 g/mol. The van der Waals surface area contributed by atoms with Crippen molar-refractivity contribution in [1.29, 1.82) is 5.26 Å². The van der Waals surface area contributed by atoms with Crippen molar-refractivity contribution in [2.45, 2.75) is 25.6 Å². The summed E-state index contributed by atoms with van der Waals surface area (Å²) in [5, 5.41) is 19.2. The number of rotatable bonds is 4. The summed E-state index contributed by atoms with van der Waals surface area (Å²) in [5.74, 6) is 0. The minimum atomic E-state index is -4.81. The zero-order valence-corrected chi connectivity index (χ0v) is 10.8. The maximum Gasteiger partial charge on any atom is 0.423 e. The lowest BCUT2D eigenvalue weighted by Gasteiger charge is -2.25. The van der Waals surface area contributed by atoms with Gasteiger partial charge in [0.25, 0.3) is 5.69 Å². The van der Waals surface area contributed by atoms with E-state index in [1.165, 1.54) is 18.0 Å². The number of hydrogen-bond acceptors (Lipinski definition) is 4. The van der Waals surface area contributed by atoms with Crippen LogP contribution in [0.1, 0.15) is 18.9 Å². The van der Waals surface area contributed by atoms with E-state index in [1.807, 2.05) is 6.07 Å². The first-order valence-corrected chi connectivity index (χ1v) is 5.64. The SMILES string of the molecule is CC(CC#N)N(C)c1ccc([N+](=O)[O-])c(C(F)(F)F)c1. The molecule has 0 heterocycles. The molecular formula is C12H12F3N3O2. The van der Waals surface area contributed by atoms with Crippen LogP contribution in [0, 0.1) is 21.4 Å². The Morgan fingerprint density at radius 2 is 2.10 bits per heavy atom. The summed E-state index contributed by atoms with van der Waals surface area (Å²) in [5.41, 5.74) is -2.11. The number of nitriles is 1. The van der Waals surface area contributed by atoms with E-state index in [0.717, 1.165) is 12.1 Å². The summed E-state index contributed by atoms with van der Waals surface area (Å²) < 4.78 is 38.5. The summed E-state index contributed by atoms with van der Waals surface area (Å²) in [7, 11) is 1.53. The molecule has 0 fully saturated rings. The van der Waals surface area contributed by atoms with E-state index in [-0.39, 0.29) is 18.2 Å². The molecular weight excluding hydrogens is 275 g/mol. The Labute approximate surface area is 113 Å². The molecule has 108 valence electrons. The fourth-order valence-electron chi connectivity index (χ4n) is 1.65. The number of hydrogen-bond donors (Lipinski definition) is 0. The Morgan fingerprint density at radius 3 is 2.55 bits per heavy atom. The lowest BCUT2D eigenvalue weighted by molar-refractivity contribution is -0.388. The molecule has 5 nitrogen and oxygen atoms in total. The standard InChI is InChI=1S/C12H12F3N3O2/c1-8(5-6-16)17(2)9-3-4-11(18(19)20)10(7-9)12(13,14)15/h3-4,7-8H,5H2,1-2H3. The molecule has 8 heteroatoms. The van der Waals surface area contributed by atoms with Crippen LogP contribution in [0.2, 0.25) is 0 Å². The van der Waals surface area contributed by atoms with Crippen LogP contribution < -0.4 is 4.90 Å². The Morgan fingerprint density at radius 1 is 1.50 bits per heavy atom. The van der Waals surface area contributed by atoms with E-state index in [4.69, 9.17) is 5.26 Å². The summed E-state index contributed by atoms with van der Waals surface area (Å²) in [6.07, 6.45) is -4.67. The van der Waals surface area contributed by atoms with Crippen LogP contribution >= 0.6 is 0 Å². The lowest BCUT2D eigenvalue weighted by Crippen LogP contribution is -2.28. The molecule has 0 aliphatic rings. The normalized spacial score (nSPS) is 12.6. The largest absolute Gasteiger partial charge is 0.423 e. The first kappa shape index (κ1) is 15.8. The number of nitro benzene ring substituents is 1. The van der Waals surface area contributed by atoms with E-state index in [9.17, 15) is 23.3 Å². The maximum absolute atomic E-state index is 12.8. The molecule has 0 saturated heterocycles. The number of alkyl halides is 3. The van der Waals surface area contributed by atoms with E-state index in [1.54, 1.807) is 6.92 Å². The third-order valence-corrected chi connectivity index (χ3v) is 2.94. The van der Waals surface area contributed by atoms with Crippen LogP contribution in [0.25, 0.3) is 0 Å². The van der Waals surface area contributed by atoms with Gasteiger partial charge in [0.1, 0.15) is 5.56 Å². The molecule has 20 heavy (non-hydrogen) atoms. The highest BCUT2D eigenvalue weighted by Gasteiger charge is 2.38. The van der Waals surface area contributed by atoms with Gasteiger partial charge >= 0.3 is 6.18 Å². The van der Waals surface area contributed by atoms with Gasteiger partial charge in [-0.3, -0.25) is 10.1 Å². The fourth-order valence-corrected chi connectivity index (χ4v) is 1.65. The van der Waals surface area contributed by atoms with Gasteiger partial charge in [-0.25, -0.2) is 0 Å². The molecule has 0 amide bonds. The van der Waals surface area contributed by atoms with Crippen LogP contribution in [0.15, 0.2) is 18.2 Å². The number of nitrogens with zero attached hydrogens (tertiary/aromatic N) is 3. The van der Waals surface area contributed by atoms with Gasteiger partial charge in [-0.1, -0.05) is 0 Å². The molecule has 0 saturated carbocycles. The minimum Gasteiger partial charge on any atom is -0.371 e. The lowest BCUT2D eigenvalue weighted by atomic mass is 10.1. The summed E-state index contributed by atoms with van der Waals surface area (Å²) in [4.78, 5) is 11.0. The van der Waals surface area contributed by atoms with Gasteiger partial charge in [-0.2, -0.15) is 18.4 Å². The molecule has 1 aromatic rings. The molecule has 1 aromatic carbocycles. The van der Waals surface area contributed by atoms with Gasteiger partial charge < -0.3 is 4.90 Å². The highest BCUT2D eigenvalue weighted by atomic mass is 19.4. The second-order valence-corrected chi connectivity index (χ2v) is 4.28. The second kappa shape index (κ2) is 5.77. The van der Waals surface area contributed by atoms with Crippen molar-refractivity contribution < 1.29 is 18.1 Å². The molecule has 0 spiro atoms. The average Bonchev–Trinajstić information content (AvgIpc) is 2.36. The number of halogens is 3. The smallest absolute Gasteiger partial charge is 0.371 e. The van der Waals surface area contributed by atoms with Crippen molar-refractivity contribution in [3.05, 3.63) is 33.9 Å². The molecule has 0 aliphatic heterocycles. The molecule has 0 aromatic heterocycles. The van der Waals surface area contributed by atoms with Gasteiger partial charge in [0.05, 0.1) is 17.4 Å². The van der Waals surface area contributed by atoms with E-state index in [2.05, 4.69) is 0 Å². The van der Waals surface area contributed by atoms with Gasteiger partial charge in [0.15, 0.2) is 0 Å². The van der Waals surface area contributed by atoms with Crippen molar-refractivity contribution in [2.24, 2.45) is 0 Å². The molecule has 1 atom stereocenters. The Bertz CT molecular complexity index is 552. The van der Waals surface area contributed by atoms with E-state index >= 15 is 0 Å². The quantitative estimate of drug-likeness (QED) is 0.629. The number of anilines is 1. The third kappa shape index (κ3) is 3.38. The number of nitro groups is 1. The highest BCUT2D eigenvalue weighted by Crippen LogP contribution is 2.38. The van der Waals surface area contributed by atoms with Crippen LogP contribution in [-0.2, 0) is 6.18 Å². The first-order chi connectivity index (χ1) is 9.18. The average molecular weight is 287 g/mol. The molecule has 0 radical (unpaired) electrons. The van der Waals surface area contributed by atoms with Crippen molar-refractivity contribution in [3.63, 3.8) is 0 Å². The predicted octanol–water partition coefficient (Wildman–Crippen LogP) is 3.35. The zero-order chi connectivity index (χ0) is 15.5. The van der Waals surface area contributed by atoms with Gasteiger partial charge in [0, 0.05) is 24.8 Å². The molecule has 0 bridgehead atoms. The fraction of sp³-hybridized carbons (Fsp3) is 0.417. The Kier molecular flexibility index (Phi) is 4.55. The van der Waals surface area contributed by atoms with Crippen LogP contribution in [0.5, 0.6) is 0 Å². The van der Waals surface area contributed by atoms with Crippen LogP contribution in [-0.4, -0.2) is 18.0 Å². The highest BCUT2D eigenvalue weighted by molar-refractivity contribution is 5.56. The summed E-state index contributed by atoms with van der Waals surface area (Å²) in [6, 6.07) is 4.41. The Hall–Kier alpha value is -2.30. The molecule has 1 unspecified atom stereocenters. The van der Waals surface area contributed by atoms with E-state index in [0.29, 0.717) is 0 Å². The zero-order valence-electron chi connectivity index (χ0n) is 10.8. The van der Waals surface area contributed by atoms with Crippen molar-refractivity contribution in [2.75, 3.05) is 11.9 Å².